The second-order valence-electron chi connectivity index (χ2n) is 4.43. The molecule has 0 bridgehead atoms. The molecular formula is C13H26NNaO3. The number of hydrogen-bond acceptors (Lipinski definition) is 4. The van der Waals surface area contributed by atoms with E-state index in [0.29, 0.717) is 6.54 Å². The molecule has 0 spiro atoms. The van der Waals surface area contributed by atoms with Gasteiger partial charge in [-0.25, -0.2) is 5.48 Å². The van der Waals surface area contributed by atoms with E-state index in [1.165, 1.54) is 51.4 Å². The van der Waals surface area contributed by atoms with E-state index in [0.717, 1.165) is 12.8 Å². The van der Waals surface area contributed by atoms with Gasteiger partial charge in [0, 0.05) is 6.54 Å². The van der Waals surface area contributed by atoms with Gasteiger partial charge in [0.25, 0.3) is 6.16 Å². The molecule has 0 aromatic carbocycles. The number of hydroxylamine groups is 1. The summed E-state index contributed by atoms with van der Waals surface area (Å²) < 4.78 is 0. The minimum absolute atomic E-state index is 0. The van der Waals surface area contributed by atoms with E-state index in [4.69, 9.17) is 0 Å². The van der Waals surface area contributed by atoms with Crippen molar-refractivity contribution in [3.05, 3.63) is 0 Å². The Balaban J connectivity index is 0. The topological polar surface area (TPSA) is 61.4 Å². The van der Waals surface area contributed by atoms with Gasteiger partial charge in [0.05, 0.1) is 0 Å². The Morgan fingerprint density at radius 1 is 0.944 bits per heavy atom. The normalized spacial score (nSPS) is 9.83. The molecule has 18 heavy (non-hydrogen) atoms. The smallest absolute Gasteiger partial charge is 0.469 e. The summed E-state index contributed by atoms with van der Waals surface area (Å²) >= 11 is 0. The van der Waals surface area contributed by atoms with Crippen LogP contribution in [0.2, 0.25) is 0 Å². The molecule has 0 amide bonds. The van der Waals surface area contributed by atoms with Gasteiger partial charge in [-0.2, -0.15) is 0 Å². The molecule has 0 aromatic heterocycles. The van der Waals surface area contributed by atoms with Crippen molar-refractivity contribution in [3.63, 3.8) is 0 Å². The summed E-state index contributed by atoms with van der Waals surface area (Å²) in [4.78, 5) is 14.0. The average molecular weight is 267 g/mol. The fraction of sp³-hybridized carbons (Fsp3) is 0.923. The molecule has 0 aromatic rings. The van der Waals surface area contributed by atoms with Crippen LogP contribution >= 0.6 is 0 Å². The van der Waals surface area contributed by atoms with Gasteiger partial charge >= 0.3 is 29.6 Å². The first-order chi connectivity index (χ1) is 8.27. The van der Waals surface area contributed by atoms with Crippen molar-refractivity contribution < 1.29 is 44.3 Å². The Labute approximate surface area is 133 Å². The van der Waals surface area contributed by atoms with Crippen molar-refractivity contribution >= 4 is 6.16 Å². The van der Waals surface area contributed by atoms with Crippen molar-refractivity contribution in [1.82, 2.24) is 5.48 Å². The molecule has 1 N–H and O–H groups in total. The maximum Gasteiger partial charge on any atom is 1.00 e. The molecule has 0 fully saturated rings. The monoisotopic (exact) mass is 267 g/mol. The van der Waals surface area contributed by atoms with Crippen LogP contribution in [0.4, 0.5) is 4.79 Å². The molecule has 0 aliphatic heterocycles. The summed E-state index contributed by atoms with van der Waals surface area (Å²) in [6, 6.07) is 0. The van der Waals surface area contributed by atoms with Gasteiger partial charge in [0.15, 0.2) is 0 Å². The Morgan fingerprint density at radius 3 is 1.83 bits per heavy atom. The third-order valence-electron chi connectivity index (χ3n) is 2.79. The maximum absolute atomic E-state index is 9.89. The first-order valence-corrected chi connectivity index (χ1v) is 6.88. The van der Waals surface area contributed by atoms with E-state index in [2.05, 4.69) is 17.2 Å². The maximum atomic E-state index is 9.89. The molecule has 102 valence electrons. The molecule has 0 rings (SSSR count). The van der Waals surface area contributed by atoms with Crippen molar-refractivity contribution in [3.8, 4) is 0 Å². The Kier molecular flexibility index (Phi) is 19.7. The summed E-state index contributed by atoms with van der Waals surface area (Å²) in [7, 11) is 0. The van der Waals surface area contributed by atoms with Gasteiger partial charge < -0.3 is 14.7 Å². The molecular weight excluding hydrogens is 241 g/mol. The number of unbranched alkanes of at least 4 members (excludes halogenated alkanes) is 9. The van der Waals surface area contributed by atoms with Gasteiger partial charge in [-0.3, -0.25) is 0 Å². The quantitative estimate of drug-likeness (QED) is 0.302. The Hall–Kier alpha value is 0.230. The first kappa shape index (κ1) is 20.5. The van der Waals surface area contributed by atoms with Crippen LogP contribution in [0.25, 0.3) is 0 Å². The Bertz CT molecular complexity index is 180. The predicted octanol–water partition coefficient (Wildman–Crippen LogP) is -0.224. The van der Waals surface area contributed by atoms with E-state index in [1.54, 1.807) is 0 Å². The fourth-order valence-electron chi connectivity index (χ4n) is 1.79. The molecule has 0 saturated carbocycles. The van der Waals surface area contributed by atoms with Crippen molar-refractivity contribution in [2.24, 2.45) is 0 Å². The largest absolute Gasteiger partial charge is 1.00 e. The number of carbonyl (C=O) groups is 1. The molecule has 0 aliphatic rings. The van der Waals surface area contributed by atoms with Crippen LogP contribution < -0.4 is 40.1 Å². The van der Waals surface area contributed by atoms with Crippen LogP contribution in [0, 0.1) is 0 Å². The fourth-order valence-corrected chi connectivity index (χ4v) is 1.79. The van der Waals surface area contributed by atoms with E-state index in [1.807, 2.05) is 0 Å². The summed E-state index contributed by atoms with van der Waals surface area (Å²) in [6.45, 7) is 2.81. The number of carbonyl (C=O) groups excluding carboxylic acids is 1. The predicted molar refractivity (Wildman–Crippen MR) is 66.3 cm³/mol. The Morgan fingerprint density at radius 2 is 1.39 bits per heavy atom. The van der Waals surface area contributed by atoms with Crippen molar-refractivity contribution in [1.29, 1.82) is 0 Å². The van der Waals surface area contributed by atoms with Crippen LogP contribution in [0.15, 0.2) is 0 Å². The summed E-state index contributed by atoms with van der Waals surface area (Å²) in [5.41, 5.74) is 2.35. The molecule has 0 saturated heterocycles. The number of nitrogens with one attached hydrogen (secondary N) is 1. The zero-order chi connectivity index (χ0) is 12.8. The van der Waals surface area contributed by atoms with Crippen LogP contribution in [-0.2, 0) is 4.84 Å². The van der Waals surface area contributed by atoms with E-state index in [-0.39, 0.29) is 29.6 Å². The average Bonchev–Trinajstić information content (AvgIpc) is 2.30. The third-order valence-corrected chi connectivity index (χ3v) is 2.79. The molecule has 0 unspecified atom stereocenters. The van der Waals surface area contributed by atoms with Gasteiger partial charge in [0.1, 0.15) is 0 Å². The SMILES string of the molecule is CCCCCCCCCCCCNOC(=O)[O-].[Na+]. The molecule has 0 aliphatic carbocycles. The summed E-state index contributed by atoms with van der Waals surface area (Å²) in [6.07, 6.45) is 11.2. The number of rotatable bonds is 12. The van der Waals surface area contributed by atoms with Crippen LogP contribution in [-0.4, -0.2) is 12.7 Å². The minimum Gasteiger partial charge on any atom is -0.469 e. The number of hydrogen-bond donors (Lipinski definition) is 1. The molecule has 5 heteroatoms. The first-order valence-electron chi connectivity index (χ1n) is 6.88. The third kappa shape index (κ3) is 18.6. The molecule has 0 atom stereocenters. The zero-order valence-electron chi connectivity index (χ0n) is 12.0. The number of carboxylic acid groups (broad SMARTS) is 1. The van der Waals surface area contributed by atoms with Gasteiger partial charge in [-0.05, 0) is 6.42 Å². The van der Waals surface area contributed by atoms with Crippen LogP contribution in [0.5, 0.6) is 0 Å². The second-order valence-corrected chi connectivity index (χ2v) is 4.43. The van der Waals surface area contributed by atoms with E-state index in [9.17, 15) is 9.90 Å². The standard InChI is InChI=1S/C13H27NO3.Na/c1-2-3-4-5-6-7-8-9-10-11-12-14-17-13(15)16;/h14H,2-12H2,1H3,(H,15,16);/q;+1/p-1. The zero-order valence-corrected chi connectivity index (χ0v) is 14.0. The second kappa shape index (κ2) is 17.2. The van der Waals surface area contributed by atoms with Crippen molar-refractivity contribution in [2.45, 2.75) is 71.1 Å². The van der Waals surface area contributed by atoms with Crippen molar-refractivity contribution in [2.75, 3.05) is 6.54 Å². The van der Waals surface area contributed by atoms with Crippen LogP contribution in [0.1, 0.15) is 71.1 Å². The van der Waals surface area contributed by atoms with Gasteiger partial charge in [-0.1, -0.05) is 64.7 Å². The molecule has 0 radical (unpaired) electrons. The van der Waals surface area contributed by atoms with Crippen LogP contribution in [0.3, 0.4) is 0 Å². The summed E-state index contributed by atoms with van der Waals surface area (Å²) in [5, 5.41) is 9.89. The van der Waals surface area contributed by atoms with Gasteiger partial charge in [-0.15, -0.1) is 0 Å². The molecule has 4 nitrogen and oxygen atoms in total. The summed E-state index contributed by atoms with van der Waals surface area (Å²) in [5.74, 6) is 0. The van der Waals surface area contributed by atoms with Gasteiger partial charge in [0.2, 0.25) is 0 Å². The van der Waals surface area contributed by atoms with E-state index >= 15 is 0 Å². The van der Waals surface area contributed by atoms with E-state index < -0.39 is 6.16 Å². The molecule has 0 heterocycles. The minimum atomic E-state index is -1.52.